The zero-order valence-corrected chi connectivity index (χ0v) is 11.5. The number of hydrogen-bond donors (Lipinski definition) is 2. The Morgan fingerprint density at radius 2 is 2.21 bits per heavy atom. The van der Waals surface area contributed by atoms with E-state index in [1.165, 1.54) is 0 Å². The van der Waals surface area contributed by atoms with E-state index in [0.717, 1.165) is 29.7 Å². The van der Waals surface area contributed by atoms with Crippen LogP contribution in [-0.4, -0.2) is 30.8 Å². The lowest BCUT2D eigenvalue weighted by molar-refractivity contribution is -0.121. The first kappa shape index (κ1) is 13.9. The molecule has 1 amide bonds. The van der Waals surface area contributed by atoms with E-state index in [0.29, 0.717) is 18.9 Å². The van der Waals surface area contributed by atoms with Crippen LogP contribution in [-0.2, 0) is 11.2 Å². The van der Waals surface area contributed by atoms with Gasteiger partial charge in [0.1, 0.15) is 5.75 Å². The molecule has 1 aromatic rings. The van der Waals surface area contributed by atoms with E-state index in [4.69, 9.17) is 4.74 Å². The molecule has 0 radical (unpaired) electrons. The van der Waals surface area contributed by atoms with Crippen molar-refractivity contribution in [1.82, 2.24) is 5.32 Å². The van der Waals surface area contributed by atoms with Gasteiger partial charge in [0.2, 0.25) is 5.91 Å². The van der Waals surface area contributed by atoms with Crippen molar-refractivity contribution in [3.05, 3.63) is 29.3 Å². The second kappa shape index (κ2) is 6.06. The Hall–Kier alpha value is -1.55. The second-order valence-corrected chi connectivity index (χ2v) is 5.28. The number of ether oxygens (including phenoxy) is 1. The second-order valence-electron chi connectivity index (χ2n) is 5.28. The monoisotopic (exact) mass is 263 g/mol. The zero-order chi connectivity index (χ0) is 13.8. The van der Waals surface area contributed by atoms with Crippen molar-refractivity contribution in [2.24, 2.45) is 5.92 Å². The Morgan fingerprint density at radius 3 is 2.84 bits per heavy atom. The molecule has 0 spiro atoms. The number of aliphatic hydroxyl groups is 1. The van der Waals surface area contributed by atoms with Crippen LogP contribution in [0.5, 0.6) is 5.75 Å². The summed E-state index contributed by atoms with van der Waals surface area (Å²) in [5.74, 6) is 1.27. The third kappa shape index (κ3) is 3.70. The molecule has 104 valence electrons. The average Bonchev–Trinajstić information content (AvgIpc) is 2.35. The quantitative estimate of drug-likeness (QED) is 0.845. The summed E-state index contributed by atoms with van der Waals surface area (Å²) in [5, 5.41) is 12.1. The lowest BCUT2D eigenvalue weighted by Gasteiger charge is -2.31. The molecule has 1 aliphatic rings. The molecule has 0 aliphatic heterocycles. The van der Waals surface area contributed by atoms with Gasteiger partial charge in [-0.1, -0.05) is 12.1 Å². The summed E-state index contributed by atoms with van der Waals surface area (Å²) in [4.78, 5) is 11.8. The van der Waals surface area contributed by atoms with Crippen molar-refractivity contribution in [3.8, 4) is 5.75 Å². The number of amides is 1. The van der Waals surface area contributed by atoms with Gasteiger partial charge in [-0.15, -0.1) is 0 Å². The van der Waals surface area contributed by atoms with E-state index < -0.39 is 0 Å². The van der Waals surface area contributed by atoms with E-state index in [-0.39, 0.29) is 12.0 Å². The van der Waals surface area contributed by atoms with Crippen molar-refractivity contribution in [2.45, 2.75) is 32.3 Å². The van der Waals surface area contributed by atoms with Crippen molar-refractivity contribution in [2.75, 3.05) is 13.7 Å². The molecule has 0 atom stereocenters. The first-order chi connectivity index (χ1) is 9.08. The van der Waals surface area contributed by atoms with E-state index >= 15 is 0 Å². The minimum Gasteiger partial charge on any atom is -0.496 e. The van der Waals surface area contributed by atoms with Gasteiger partial charge < -0.3 is 15.2 Å². The Bertz CT molecular complexity index is 453. The molecule has 0 saturated heterocycles. The van der Waals surface area contributed by atoms with Gasteiger partial charge in [-0.25, -0.2) is 0 Å². The fraction of sp³-hybridized carbons (Fsp3) is 0.533. The van der Waals surface area contributed by atoms with Gasteiger partial charge in [0, 0.05) is 6.54 Å². The molecule has 19 heavy (non-hydrogen) atoms. The number of carbonyl (C=O) groups excluding carboxylic acids is 1. The normalized spacial score (nSPS) is 21.6. The molecule has 1 aromatic carbocycles. The highest BCUT2D eigenvalue weighted by Crippen LogP contribution is 2.26. The average molecular weight is 263 g/mol. The maximum Gasteiger partial charge on any atom is 0.224 e. The molecule has 0 aromatic heterocycles. The molecule has 0 unspecified atom stereocenters. The van der Waals surface area contributed by atoms with Crippen LogP contribution in [0.2, 0.25) is 0 Å². The Kier molecular flexibility index (Phi) is 4.43. The number of nitrogens with one attached hydrogen (secondary N) is 1. The minimum atomic E-state index is -0.164. The predicted octanol–water partition coefficient (Wildman–Crippen LogP) is 1.43. The molecule has 2 rings (SSSR count). The summed E-state index contributed by atoms with van der Waals surface area (Å²) in [7, 11) is 1.63. The third-order valence-electron chi connectivity index (χ3n) is 3.64. The fourth-order valence-corrected chi connectivity index (χ4v) is 2.35. The van der Waals surface area contributed by atoms with Crippen LogP contribution >= 0.6 is 0 Å². The van der Waals surface area contributed by atoms with Gasteiger partial charge in [0.25, 0.3) is 0 Å². The topological polar surface area (TPSA) is 58.6 Å². The van der Waals surface area contributed by atoms with Crippen LogP contribution in [0, 0.1) is 12.8 Å². The number of hydrogen-bond acceptors (Lipinski definition) is 3. The highest BCUT2D eigenvalue weighted by atomic mass is 16.5. The number of aryl methyl sites for hydroxylation is 1. The van der Waals surface area contributed by atoms with Crippen LogP contribution in [0.1, 0.15) is 24.0 Å². The summed E-state index contributed by atoms with van der Waals surface area (Å²) in [6.45, 7) is 2.64. The molecule has 0 bridgehead atoms. The minimum absolute atomic E-state index is 0.0206. The molecule has 4 nitrogen and oxygen atoms in total. The summed E-state index contributed by atoms with van der Waals surface area (Å²) < 4.78 is 5.24. The van der Waals surface area contributed by atoms with Crippen molar-refractivity contribution in [3.63, 3.8) is 0 Å². The number of carbonyl (C=O) groups is 1. The number of rotatable bonds is 5. The predicted molar refractivity (Wildman–Crippen MR) is 73.2 cm³/mol. The van der Waals surface area contributed by atoms with E-state index in [1.54, 1.807) is 7.11 Å². The summed E-state index contributed by atoms with van der Waals surface area (Å²) in [6.07, 6.45) is 1.81. The molecule has 1 aliphatic carbocycles. The lowest BCUT2D eigenvalue weighted by Crippen LogP contribution is -2.38. The standard InChI is InChI=1S/C15H21NO3/c1-10-3-4-11(7-14(10)19-2)8-15(18)16-9-12-5-13(17)6-12/h3-4,7,12-13,17H,5-6,8-9H2,1-2H3,(H,16,18). The van der Waals surface area contributed by atoms with Crippen LogP contribution in [0.4, 0.5) is 0 Å². The SMILES string of the molecule is COc1cc(CC(=O)NCC2CC(O)C2)ccc1C. The summed E-state index contributed by atoms with van der Waals surface area (Å²) in [5.41, 5.74) is 2.02. The Labute approximate surface area is 113 Å². The highest BCUT2D eigenvalue weighted by molar-refractivity contribution is 5.78. The van der Waals surface area contributed by atoms with Crippen molar-refractivity contribution < 1.29 is 14.6 Å². The smallest absolute Gasteiger partial charge is 0.224 e. The van der Waals surface area contributed by atoms with Gasteiger partial charge in [-0.05, 0) is 42.9 Å². The van der Waals surface area contributed by atoms with Crippen LogP contribution in [0.3, 0.4) is 0 Å². The molecular formula is C15H21NO3. The maximum atomic E-state index is 11.8. The van der Waals surface area contributed by atoms with Gasteiger partial charge in [0.05, 0.1) is 19.6 Å². The number of methoxy groups -OCH3 is 1. The van der Waals surface area contributed by atoms with Gasteiger partial charge in [0.15, 0.2) is 0 Å². The zero-order valence-electron chi connectivity index (χ0n) is 11.5. The van der Waals surface area contributed by atoms with Gasteiger partial charge in [-0.3, -0.25) is 4.79 Å². The molecule has 1 saturated carbocycles. The van der Waals surface area contributed by atoms with Crippen molar-refractivity contribution in [1.29, 1.82) is 0 Å². The molecular weight excluding hydrogens is 242 g/mol. The molecule has 1 fully saturated rings. The largest absolute Gasteiger partial charge is 0.496 e. The molecule has 2 N–H and O–H groups in total. The van der Waals surface area contributed by atoms with Gasteiger partial charge >= 0.3 is 0 Å². The molecule has 0 heterocycles. The Balaban J connectivity index is 1.81. The van der Waals surface area contributed by atoms with Gasteiger partial charge in [-0.2, -0.15) is 0 Å². The highest BCUT2D eigenvalue weighted by Gasteiger charge is 2.27. The lowest BCUT2D eigenvalue weighted by atomic mass is 9.82. The number of benzene rings is 1. The maximum absolute atomic E-state index is 11.8. The van der Waals surface area contributed by atoms with Crippen LogP contribution in [0.15, 0.2) is 18.2 Å². The number of aliphatic hydroxyl groups excluding tert-OH is 1. The van der Waals surface area contributed by atoms with Crippen LogP contribution < -0.4 is 10.1 Å². The first-order valence-electron chi connectivity index (χ1n) is 6.66. The molecule has 4 heteroatoms. The Morgan fingerprint density at radius 1 is 1.47 bits per heavy atom. The van der Waals surface area contributed by atoms with Crippen molar-refractivity contribution >= 4 is 5.91 Å². The summed E-state index contributed by atoms with van der Waals surface area (Å²) in [6, 6.07) is 5.82. The van der Waals surface area contributed by atoms with Crippen LogP contribution in [0.25, 0.3) is 0 Å². The van der Waals surface area contributed by atoms with E-state index in [2.05, 4.69) is 5.32 Å². The van der Waals surface area contributed by atoms with E-state index in [1.807, 2.05) is 25.1 Å². The third-order valence-corrected chi connectivity index (χ3v) is 3.64. The fourth-order valence-electron chi connectivity index (χ4n) is 2.35. The summed E-state index contributed by atoms with van der Waals surface area (Å²) >= 11 is 0. The van der Waals surface area contributed by atoms with E-state index in [9.17, 15) is 9.90 Å². The first-order valence-corrected chi connectivity index (χ1v) is 6.66.